The predicted molar refractivity (Wildman–Crippen MR) is 107 cm³/mol. The van der Waals surface area contributed by atoms with Gasteiger partial charge in [0.25, 0.3) is 5.91 Å². The molecule has 0 saturated carbocycles. The number of nitro groups is 1. The van der Waals surface area contributed by atoms with Crippen LogP contribution in [0.25, 0.3) is 22.4 Å². The largest absolute Gasteiger partial charge is 0.490 e. The molecular formula is C18H13N3O5S2. The van der Waals surface area contributed by atoms with Crippen LogP contribution in [0.4, 0.5) is 10.1 Å². The van der Waals surface area contributed by atoms with Gasteiger partial charge in [0.2, 0.25) is 0 Å². The molecule has 1 N–H and O–H groups in total. The number of carbonyl (C=O) groups is 1. The van der Waals surface area contributed by atoms with Crippen LogP contribution in [0.2, 0.25) is 0 Å². The molecule has 142 valence electrons. The molecule has 1 aromatic carbocycles. The number of hydrogen-bond donors (Lipinski definition) is 1. The lowest BCUT2D eigenvalue weighted by Crippen LogP contribution is -2.09. The summed E-state index contributed by atoms with van der Waals surface area (Å²) in [5.41, 5.74) is 1.22. The number of benzene rings is 1. The van der Waals surface area contributed by atoms with Gasteiger partial charge < -0.3 is 9.15 Å². The number of ether oxygens (including phenoxy) is 1. The van der Waals surface area contributed by atoms with Gasteiger partial charge in [-0.15, -0.1) is 11.3 Å². The molecule has 8 nitrogen and oxygen atoms in total. The molecule has 10 heteroatoms. The van der Waals surface area contributed by atoms with E-state index < -0.39 is 10.8 Å². The van der Waals surface area contributed by atoms with E-state index in [0.29, 0.717) is 34.5 Å². The Morgan fingerprint density at radius 2 is 2.21 bits per heavy atom. The molecule has 0 spiro atoms. The highest BCUT2D eigenvalue weighted by Gasteiger charge is 2.18. The Morgan fingerprint density at radius 1 is 1.36 bits per heavy atom. The molecular weight excluding hydrogens is 402 g/mol. The number of nitrogens with zero attached hydrogens (tertiary/aromatic N) is 2. The fourth-order valence-corrected chi connectivity index (χ4v) is 3.99. The van der Waals surface area contributed by atoms with Gasteiger partial charge in [-0.3, -0.25) is 20.2 Å². The number of nitrogens with one attached hydrogen (secondary N) is 1. The van der Waals surface area contributed by atoms with E-state index in [1.807, 2.05) is 31.2 Å². The summed E-state index contributed by atoms with van der Waals surface area (Å²) in [6.07, 6.45) is 0. The van der Waals surface area contributed by atoms with Gasteiger partial charge in [-0.2, -0.15) is 0 Å². The number of thiophene rings is 1. The molecule has 0 atom stereocenters. The smallest absolute Gasteiger partial charge is 0.324 e. The molecule has 0 saturated heterocycles. The minimum absolute atomic E-state index is 0.0858. The van der Waals surface area contributed by atoms with Gasteiger partial charge in [-0.05, 0) is 25.1 Å². The maximum absolute atomic E-state index is 12.3. The number of furan rings is 1. The van der Waals surface area contributed by atoms with E-state index >= 15 is 0 Å². The lowest BCUT2D eigenvalue weighted by Gasteiger charge is -2.02. The van der Waals surface area contributed by atoms with E-state index in [4.69, 9.17) is 9.15 Å². The third-order valence-electron chi connectivity index (χ3n) is 3.78. The van der Waals surface area contributed by atoms with E-state index in [0.717, 1.165) is 16.7 Å². The van der Waals surface area contributed by atoms with Crippen LogP contribution < -0.4 is 10.1 Å². The Kier molecular flexibility index (Phi) is 4.80. The summed E-state index contributed by atoms with van der Waals surface area (Å²) >= 11 is 2.06. The SMILES string of the molecule is CCOc1cccc2cc(-c3csc(NC(=O)c4ccc([N+](=O)[O-])s4)n3)oc12. The standard InChI is InChI=1S/C18H13N3O5S2/c1-2-25-12-5-3-4-10-8-13(26-16(10)12)11-9-27-18(19-11)20-17(22)14-6-7-15(28-14)21(23)24/h3-9H,2H2,1H3,(H,19,20,22). The average Bonchev–Trinajstić information content (AvgIpc) is 3.41. The highest BCUT2D eigenvalue weighted by Crippen LogP contribution is 2.35. The number of aromatic nitrogens is 1. The Balaban J connectivity index is 1.55. The van der Waals surface area contributed by atoms with E-state index in [-0.39, 0.29) is 9.88 Å². The highest BCUT2D eigenvalue weighted by molar-refractivity contribution is 7.17. The summed E-state index contributed by atoms with van der Waals surface area (Å²) in [5, 5.41) is 16.4. The van der Waals surface area contributed by atoms with Crippen molar-refractivity contribution < 1.29 is 18.9 Å². The van der Waals surface area contributed by atoms with Crippen molar-refractivity contribution in [2.75, 3.05) is 11.9 Å². The molecule has 0 aliphatic carbocycles. The second kappa shape index (κ2) is 7.41. The van der Waals surface area contributed by atoms with Crippen molar-refractivity contribution in [3.8, 4) is 17.2 Å². The molecule has 0 aliphatic heterocycles. The first-order valence-corrected chi connectivity index (χ1v) is 9.91. The second-order valence-electron chi connectivity index (χ2n) is 5.61. The molecule has 1 amide bonds. The zero-order valence-corrected chi connectivity index (χ0v) is 16.1. The molecule has 28 heavy (non-hydrogen) atoms. The Labute approximate surface area is 166 Å². The molecule has 3 heterocycles. The Morgan fingerprint density at radius 3 is 2.96 bits per heavy atom. The molecule has 0 fully saturated rings. The van der Waals surface area contributed by atoms with Gasteiger partial charge >= 0.3 is 5.00 Å². The van der Waals surface area contributed by atoms with E-state index in [1.165, 1.54) is 23.5 Å². The van der Waals surface area contributed by atoms with Crippen molar-refractivity contribution in [1.82, 2.24) is 4.98 Å². The first-order chi connectivity index (χ1) is 13.5. The normalized spacial score (nSPS) is 10.9. The number of hydrogen-bond acceptors (Lipinski definition) is 8. The maximum Gasteiger partial charge on any atom is 0.324 e. The van der Waals surface area contributed by atoms with Gasteiger partial charge in [0.15, 0.2) is 22.2 Å². The van der Waals surface area contributed by atoms with Crippen LogP contribution in [0, 0.1) is 10.1 Å². The first-order valence-electron chi connectivity index (χ1n) is 8.22. The summed E-state index contributed by atoms with van der Waals surface area (Å²) < 4.78 is 11.5. The van der Waals surface area contributed by atoms with Crippen LogP contribution in [0.15, 0.2) is 46.2 Å². The van der Waals surface area contributed by atoms with Gasteiger partial charge in [0, 0.05) is 16.8 Å². The number of fused-ring (bicyclic) bond motifs is 1. The number of anilines is 1. The predicted octanol–water partition coefficient (Wildman–Crippen LogP) is 5.18. The third-order valence-corrected chi connectivity index (χ3v) is 5.57. The van der Waals surface area contributed by atoms with E-state index in [1.54, 1.807) is 5.38 Å². The minimum atomic E-state index is -0.527. The summed E-state index contributed by atoms with van der Waals surface area (Å²) in [7, 11) is 0. The molecule has 4 rings (SSSR count). The van der Waals surface area contributed by atoms with E-state index in [2.05, 4.69) is 10.3 Å². The summed E-state index contributed by atoms with van der Waals surface area (Å²) in [5.74, 6) is 0.780. The van der Waals surface area contributed by atoms with Crippen molar-refractivity contribution in [2.45, 2.75) is 6.92 Å². The number of para-hydroxylation sites is 1. The van der Waals surface area contributed by atoms with Gasteiger partial charge in [-0.1, -0.05) is 23.5 Å². The van der Waals surface area contributed by atoms with Gasteiger partial charge in [-0.25, -0.2) is 4.98 Å². The average molecular weight is 415 g/mol. The fourth-order valence-electron chi connectivity index (χ4n) is 2.58. The van der Waals surface area contributed by atoms with Crippen LogP contribution in [0.5, 0.6) is 5.75 Å². The fraction of sp³-hybridized carbons (Fsp3) is 0.111. The van der Waals surface area contributed by atoms with Gasteiger partial charge in [0.1, 0.15) is 5.69 Å². The zero-order valence-electron chi connectivity index (χ0n) is 14.5. The second-order valence-corrected chi connectivity index (χ2v) is 7.53. The van der Waals surface area contributed by atoms with Crippen molar-refractivity contribution in [2.24, 2.45) is 0 Å². The number of thiazole rings is 1. The van der Waals surface area contributed by atoms with Crippen molar-refractivity contribution >= 4 is 49.7 Å². The number of carbonyl (C=O) groups excluding carboxylic acids is 1. The Bertz CT molecular complexity index is 1180. The lowest BCUT2D eigenvalue weighted by molar-refractivity contribution is -0.380. The first kappa shape index (κ1) is 18.1. The van der Waals surface area contributed by atoms with Crippen molar-refractivity contribution in [1.29, 1.82) is 0 Å². The van der Waals surface area contributed by atoms with Crippen LogP contribution in [0.3, 0.4) is 0 Å². The van der Waals surface area contributed by atoms with Gasteiger partial charge in [0.05, 0.1) is 16.4 Å². The third kappa shape index (κ3) is 3.47. The minimum Gasteiger partial charge on any atom is -0.490 e. The van der Waals surface area contributed by atoms with Crippen molar-refractivity contribution in [3.05, 3.63) is 56.8 Å². The summed E-state index contributed by atoms with van der Waals surface area (Å²) in [4.78, 5) is 27.1. The van der Waals surface area contributed by atoms with Crippen LogP contribution in [-0.2, 0) is 0 Å². The monoisotopic (exact) mass is 415 g/mol. The maximum atomic E-state index is 12.3. The molecule has 3 aromatic heterocycles. The highest BCUT2D eigenvalue weighted by atomic mass is 32.1. The topological polar surface area (TPSA) is 108 Å². The molecule has 0 radical (unpaired) electrons. The van der Waals surface area contributed by atoms with Crippen molar-refractivity contribution in [3.63, 3.8) is 0 Å². The number of amides is 1. The molecule has 0 unspecified atom stereocenters. The molecule has 0 aliphatic rings. The molecule has 0 bridgehead atoms. The Hall–Kier alpha value is -3.24. The van der Waals surface area contributed by atoms with Crippen LogP contribution in [0.1, 0.15) is 16.6 Å². The summed E-state index contributed by atoms with van der Waals surface area (Å²) in [6.45, 7) is 2.43. The quantitative estimate of drug-likeness (QED) is 0.343. The summed E-state index contributed by atoms with van der Waals surface area (Å²) in [6, 6.07) is 10.2. The van der Waals surface area contributed by atoms with Crippen LogP contribution in [-0.4, -0.2) is 22.4 Å². The lowest BCUT2D eigenvalue weighted by atomic mass is 10.2. The number of rotatable bonds is 6. The zero-order chi connectivity index (χ0) is 19.7. The van der Waals surface area contributed by atoms with E-state index in [9.17, 15) is 14.9 Å². The molecule has 4 aromatic rings. The van der Waals surface area contributed by atoms with Crippen LogP contribution >= 0.6 is 22.7 Å².